The van der Waals surface area contributed by atoms with Crippen LogP contribution in [0.1, 0.15) is 12.5 Å². The van der Waals surface area contributed by atoms with Crippen LogP contribution in [0.3, 0.4) is 0 Å². The third kappa shape index (κ3) is 2.53. The number of likely N-dealkylation sites (N-methyl/N-ethyl adjacent to an activating group) is 1. The van der Waals surface area contributed by atoms with E-state index in [1.54, 1.807) is 18.2 Å². The average Bonchev–Trinajstić information content (AvgIpc) is 2.59. The van der Waals surface area contributed by atoms with Crippen molar-refractivity contribution < 1.29 is 9.90 Å². The van der Waals surface area contributed by atoms with Crippen molar-refractivity contribution in [3.05, 3.63) is 33.7 Å². The number of halogens is 1. The number of carbonyl (C=O) groups excluding carboxylic acids is 1. The number of rotatable bonds is 2. The fourth-order valence-corrected chi connectivity index (χ4v) is 3.11. The number of phenols is 1. The van der Waals surface area contributed by atoms with E-state index in [0.29, 0.717) is 26.4 Å². The standard InChI is InChI=1S/C12H10ClNO2S2/c1-2-14-11(16)10(18-12(14)17)6-7-5-8(13)3-4-9(7)15/h3-6,15H,2H2,1H3/b10-6+. The fourth-order valence-electron chi connectivity index (χ4n) is 1.55. The number of amides is 1. The molecule has 1 fully saturated rings. The maximum Gasteiger partial charge on any atom is 0.266 e. The van der Waals surface area contributed by atoms with Crippen LogP contribution in [0.4, 0.5) is 0 Å². The fraction of sp³-hybridized carbons (Fsp3) is 0.167. The predicted molar refractivity (Wildman–Crippen MR) is 78.7 cm³/mol. The summed E-state index contributed by atoms with van der Waals surface area (Å²) in [5.41, 5.74) is 0.513. The van der Waals surface area contributed by atoms with Crippen molar-refractivity contribution in [2.75, 3.05) is 6.54 Å². The van der Waals surface area contributed by atoms with E-state index in [-0.39, 0.29) is 11.7 Å². The Morgan fingerprint density at radius 2 is 2.28 bits per heavy atom. The summed E-state index contributed by atoms with van der Waals surface area (Å²) in [4.78, 5) is 14.0. The zero-order chi connectivity index (χ0) is 13.3. The first-order valence-corrected chi connectivity index (χ1v) is 6.87. The Morgan fingerprint density at radius 1 is 1.56 bits per heavy atom. The lowest BCUT2D eigenvalue weighted by atomic mass is 10.2. The molecule has 0 saturated carbocycles. The van der Waals surface area contributed by atoms with Gasteiger partial charge in [0.15, 0.2) is 0 Å². The minimum Gasteiger partial charge on any atom is -0.507 e. The van der Waals surface area contributed by atoms with Gasteiger partial charge in [0.05, 0.1) is 4.91 Å². The molecular formula is C12H10ClNO2S2. The van der Waals surface area contributed by atoms with Crippen LogP contribution < -0.4 is 0 Å². The Bertz CT molecular complexity index is 557. The van der Waals surface area contributed by atoms with Gasteiger partial charge in [-0.2, -0.15) is 0 Å². The minimum absolute atomic E-state index is 0.0844. The minimum atomic E-state index is -0.133. The molecular weight excluding hydrogens is 290 g/mol. The molecule has 1 N–H and O–H groups in total. The molecule has 1 heterocycles. The number of phenolic OH excluding ortho intramolecular Hbond substituents is 1. The molecule has 0 aromatic heterocycles. The highest BCUT2D eigenvalue weighted by molar-refractivity contribution is 8.26. The Labute approximate surface area is 119 Å². The maximum absolute atomic E-state index is 12.0. The van der Waals surface area contributed by atoms with E-state index < -0.39 is 0 Å². The molecule has 3 nitrogen and oxygen atoms in total. The van der Waals surface area contributed by atoms with E-state index in [1.165, 1.54) is 22.7 Å². The van der Waals surface area contributed by atoms with Crippen molar-refractivity contribution in [2.24, 2.45) is 0 Å². The number of hydrogen-bond acceptors (Lipinski definition) is 4. The van der Waals surface area contributed by atoms with Gasteiger partial charge in [0, 0.05) is 17.1 Å². The zero-order valence-corrected chi connectivity index (χ0v) is 11.9. The molecule has 18 heavy (non-hydrogen) atoms. The summed E-state index contributed by atoms with van der Waals surface area (Å²) >= 11 is 12.2. The molecule has 6 heteroatoms. The zero-order valence-electron chi connectivity index (χ0n) is 9.51. The van der Waals surface area contributed by atoms with E-state index in [2.05, 4.69) is 0 Å². The number of aromatic hydroxyl groups is 1. The van der Waals surface area contributed by atoms with Gasteiger partial charge in [-0.3, -0.25) is 9.69 Å². The predicted octanol–water partition coefficient (Wildman–Crippen LogP) is 3.27. The highest BCUT2D eigenvalue weighted by atomic mass is 35.5. The first-order chi connectivity index (χ1) is 8.52. The Balaban J connectivity index is 2.38. The molecule has 1 aromatic carbocycles. The van der Waals surface area contributed by atoms with Crippen molar-refractivity contribution in [3.63, 3.8) is 0 Å². The number of thiocarbonyl (C=S) groups is 1. The van der Waals surface area contributed by atoms with E-state index in [1.807, 2.05) is 6.92 Å². The lowest BCUT2D eigenvalue weighted by molar-refractivity contribution is -0.121. The van der Waals surface area contributed by atoms with Crippen molar-refractivity contribution in [2.45, 2.75) is 6.92 Å². The Morgan fingerprint density at radius 3 is 2.89 bits per heavy atom. The van der Waals surface area contributed by atoms with Crippen LogP contribution in [0.2, 0.25) is 5.02 Å². The topological polar surface area (TPSA) is 40.5 Å². The normalized spacial score (nSPS) is 17.9. The van der Waals surface area contributed by atoms with Crippen LogP contribution in [0, 0.1) is 0 Å². The average molecular weight is 300 g/mol. The molecule has 0 aliphatic carbocycles. The quantitative estimate of drug-likeness (QED) is 0.672. The van der Waals surface area contributed by atoms with Crippen LogP contribution in [-0.2, 0) is 4.79 Å². The number of nitrogens with zero attached hydrogens (tertiary/aromatic N) is 1. The largest absolute Gasteiger partial charge is 0.507 e. The van der Waals surface area contributed by atoms with E-state index >= 15 is 0 Å². The molecule has 0 atom stereocenters. The van der Waals surface area contributed by atoms with Crippen molar-refractivity contribution in [1.29, 1.82) is 0 Å². The summed E-state index contributed by atoms with van der Waals surface area (Å²) in [5.74, 6) is -0.0481. The van der Waals surface area contributed by atoms with E-state index in [0.717, 1.165) is 0 Å². The van der Waals surface area contributed by atoms with Gasteiger partial charge in [-0.05, 0) is 31.2 Å². The third-order valence-corrected chi connectivity index (χ3v) is 4.08. The number of hydrogen-bond donors (Lipinski definition) is 1. The van der Waals surface area contributed by atoms with Crippen molar-refractivity contribution >= 4 is 51.9 Å². The highest BCUT2D eigenvalue weighted by Gasteiger charge is 2.30. The number of carbonyl (C=O) groups is 1. The van der Waals surface area contributed by atoms with Crippen LogP contribution in [0.5, 0.6) is 5.75 Å². The van der Waals surface area contributed by atoms with Crippen LogP contribution in [0.15, 0.2) is 23.1 Å². The highest BCUT2D eigenvalue weighted by Crippen LogP contribution is 2.34. The molecule has 1 aromatic rings. The molecule has 1 amide bonds. The van der Waals surface area contributed by atoms with Crippen LogP contribution in [-0.4, -0.2) is 26.8 Å². The molecule has 0 unspecified atom stereocenters. The summed E-state index contributed by atoms with van der Waals surface area (Å²) in [7, 11) is 0. The monoisotopic (exact) mass is 299 g/mol. The second-order valence-electron chi connectivity index (χ2n) is 3.63. The van der Waals surface area contributed by atoms with Gasteiger partial charge in [-0.15, -0.1) is 0 Å². The summed E-state index contributed by atoms with van der Waals surface area (Å²) in [5, 5.41) is 10.2. The summed E-state index contributed by atoms with van der Waals surface area (Å²) in [6, 6.07) is 4.69. The molecule has 94 valence electrons. The molecule has 0 spiro atoms. The lowest BCUT2D eigenvalue weighted by Crippen LogP contribution is -2.27. The van der Waals surface area contributed by atoms with Gasteiger partial charge < -0.3 is 5.11 Å². The molecule has 0 radical (unpaired) electrons. The maximum atomic E-state index is 12.0. The Kier molecular flexibility index (Phi) is 3.94. The van der Waals surface area contributed by atoms with Crippen molar-refractivity contribution in [1.82, 2.24) is 4.90 Å². The summed E-state index contributed by atoms with van der Waals surface area (Å²) < 4.78 is 0.537. The lowest BCUT2D eigenvalue weighted by Gasteiger charge is -2.09. The van der Waals surface area contributed by atoms with Gasteiger partial charge in [0.1, 0.15) is 10.1 Å². The molecule has 1 saturated heterocycles. The molecule has 2 rings (SSSR count). The van der Waals surface area contributed by atoms with Gasteiger partial charge >= 0.3 is 0 Å². The van der Waals surface area contributed by atoms with Crippen LogP contribution >= 0.6 is 35.6 Å². The number of benzene rings is 1. The smallest absolute Gasteiger partial charge is 0.266 e. The second-order valence-corrected chi connectivity index (χ2v) is 5.74. The second kappa shape index (κ2) is 5.30. The van der Waals surface area contributed by atoms with Gasteiger partial charge in [0.2, 0.25) is 0 Å². The first kappa shape index (κ1) is 13.4. The van der Waals surface area contributed by atoms with E-state index in [9.17, 15) is 9.90 Å². The summed E-state index contributed by atoms with van der Waals surface area (Å²) in [6.45, 7) is 2.41. The molecule has 0 bridgehead atoms. The first-order valence-electron chi connectivity index (χ1n) is 5.27. The van der Waals surface area contributed by atoms with Gasteiger partial charge in [0.25, 0.3) is 5.91 Å². The van der Waals surface area contributed by atoms with Crippen LogP contribution in [0.25, 0.3) is 6.08 Å². The van der Waals surface area contributed by atoms with Crippen molar-refractivity contribution in [3.8, 4) is 5.75 Å². The van der Waals surface area contributed by atoms with Gasteiger partial charge in [-0.1, -0.05) is 35.6 Å². The molecule has 1 aliphatic rings. The Hall–Kier alpha value is -1.04. The third-order valence-electron chi connectivity index (χ3n) is 2.47. The molecule has 1 aliphatic heterocycles. The SMILES string of the molecule is CCN1C(=O)/C(=C\c2cc(Cl)ccc2O)SC1=S. The summed E-state index contributed by atoms with van der Waals surface area (Å²) in [6.07, 6.45) is 1.61. The van der Waals surface area contributed by atoms with Gasteiger partial charge in [-0.25, -0.2) is 0 Å². The number of thioether (sulfide) groups is 1. The van der Waals surface area contributed by atoms with E-state index in [4.69, 9.17) is 23.8 Å².